The maximum Gasteiger partial charge on any atom is 0.223 e. The molecule has 22 heavy (non-hydrogen) atoms. The Morgan fingerprint density at radius 2 is 1.91 bits per heavy atom. The van der Waals surface area contributed by atoms with Crippen molar-refractivity contribution in [3.63, 3.8) is 0 Å². The van der Waals surface area contributed by atoms with Crippen LogP contribution in [0.15, 0.2) is 17.1 Å². The Kier molecular flexibility index (Phi) is 6.46. The number of nitrogens with zero attached hydrogens (tertiary/aromatic N) is 3. The van der Waals surface area contributed by atoms with E-state index in [0.29, 0.717) is 0 Å². The van der Waals surface area contributed by atoms with Crippen molar-refractivity contribution in [3.8, 4) is 5.75 Å². The lowest BCUT2D eigenvalue weighted by Crippen LogP contribution is -2.26. The zero-order chi connectivity index (χ0) is 15.9. The van der Waals surface area contributed by atoms with Gasteiger partial charge in [-0.15, -0.1) is 0 Å². The fraction of sp³-hybridized carbons (Fsp3) is 0.706. The van der Waals surface area contributed by atoms with Crippen LogP contribution in [0.4, 0.5) is 0 Å². The summed E-state index contributed by atoms with van der Waals surface area (Å²) in [7, 11) is 0. The first-order valence-electron chi connectivity index (χ1n) is 8.51. The lowest BCUT2D eigenvalue weighted by atomic mass is 10.2. The van der Waals surface area contributed by atoms with Crippen LogP contribution in [0, 0.1) is 0 Å². The molecule has 5 heteroatoms. The number of pyridine rings is 1. The summed E-state index contributed by atoms with van der Waals surface area (Å²) in [5.74, 6) is -0.145. The van der Waals surface area contributed by atoms with Gasteiger partial charge in [-0.3, -0.25) is 9.69 Å². The van der Waals surface area contributed by atoms with Gasteiger partial charge in [0.15, 0.2) is 5.75 Å². The third-order valence-electron chi connectivity index (χ3n) is 4.55. The van der Waals surface area contributed by atoms with Crippen molar-refractivity contribution >= 4 is 0 Å². The number of hydrogen-bond acceptors (Lipinski definition) is 4. The molecule has 0 saturated carbocycles. The smallest absolute Gasteiger partial charge is 0.223 e. The van der Waals surface area contributed by atoms with Crippen LogP contribution in [0.25, 0.3) is 0 Å². The molecule has 1 aromatic heterocycles. The fourth-order valence-electron chi connectivity index (χ4n) is 3.12. The molecule has 0 aliphatic carbocycles. The van der Waals surface area contributed by atoms with Crippen LogP contribution >= 0.6 is 0 Å². The standard InChI is InChI=1S/C17H29N3O2/c1-3-18(4-2)10-7-11-20-14-17(22)16(21)12-15(20)13-19-8-5-6-9-19/h12,14,22H,3-11,13H2,1-2H3. The van der Waals surface area contributed by atoms with Crippen LogP contribution in [0.3, 0.4) is 0 Å². The topological polar surface area (TPSA) is 48.7 Å². The van der Waals surface area contributed by atoms with Gasteiger partial charge in [-0.1, -0.05) is 13.8 Å². The second-order valence-electron chi connectivity index (χ2n) is 6.07. The van der Waals surface area contributed by atoms with Gasteiger partial charge in [0.2, 0.25) is 5.43 Å². The molecule has 1 aliphatic heterocycles. The van der Waals surface area contributed by atoms with Gasteiger partial charge in [0.05, 0.1) is 6.20 Å². The summed E-state index contributed by atoms with van der Waals surface area (Å²) in [6.07, 6.45) is 5.11. The highest BCUT2D eigenvalue weighted by Crippen LogP contribution is 2.14. The van der Waals surface area contributed by atoms with Crippen LogP contribution in [0.2, 0.25) is 0 Å². The molecule has 0 radical (unpaired) electrons. The van der Waals surface area contributed by atoms with Crippen molar-refractivity contribution in [2.24, 2.45) is 0 Å². The maximum absolute atomic E-state index is 11.8. The Hall–Kier alpha value is -1.33. The molecule has 2 rings (SSSR count). The molecule has 5 nitrogen and oxygen atoms in total. The number of aryl methyl sites for hydroxylation is 1. The molecule has 1 aromatic rings. The van der Waals surface area contributed by atoms with Gasteiger partial charge < -0.3 is 14.6 Å². The molecule has 124 valence electrons. The number of likely N-dealkylation sites (tertiary alicyclic amines) is 1. The third-order valence-corrected chi connectivity index (χ3v) is 4.55. The summed E-state index contributed by atoms with van der Waals surface area (Å²) in [5, 5.41) is 9.73. The molecule has 0 bridgehead atoms. The Bertz CT molecular complexity index is 517. The molecule has 2 heterocycles. The first kappa shape index (κ1) is 17.0. The molecule has 1 N–H and O–H groups in total. The molecule has 0 amide bonds. The maximum atomic E-state index is 11.8. The molecule has 1 fully saturated rings. The average Bonchev–Trinajstić information content (AvgIpc) is 3.01. The van der Waals surface area contributed by atoms with Gasteiger partial charge in [0.25, 0.3) is 0 Å². The lowest BCUT2D eigenvalue weighted by molar-refractivity contribution is 0.287. The molecule has 0 spiro atoms. The average molecular weight is 307 g/mol. The van der Waals surface area contributed by atoms with E-state index in [1.54, 1.807) is 12.3 Å². The first-order chi connectivity index (χ1) is 10.6. The molecule has 0 atom stereocenters. The van der Waals surface area contributed by atoms with E-state index in [9.17, 15) is 9.90 Å². The predicted molar refractivity (Wildman–Crippen MR) is 89.3 cm³/mol. The van der Waals surface area contributed by atoms with Crippen molar-refractivity contribution in [2.75, 3.05) is 32.7 Å². The highest BCUT2D eigenvalue weighted by molar-refractivity contribution is 5.20. The molecular weight excluding hydrogens is 278 g/mol. The van der Waals surface area contributed by atoms with Crippen molar-refractivity contribution in [1.82, 2.24) is 14.4 Å². The number of aromatic nitrogens is 1. The van der Waals surface area contributed by atoms with E-state index in [0.717, 1.165) is 57.9 Å². The quantitative estimate of drug-likeness (QED) is 0.797. The second-order valence-corrected chi connectivity index (χ2v) is 6.07. The van der Waals surface area contributed by atoms with Gasteiger partial charge in [0, 0.05) is 24.8 Å². The van der Waals surface area contributed by atoms with E-state index >= 15 is 0 Å². The highest BCUT2D eigenvalue weighted by atomic mass is 16.3. The fourth-order valence-corrected chi connectivity index (χ4v) is 3.12. The van der Waals surface area contributed by atoms with E-state index in [2.05, 4.69) is 28.2 Å². The zero-order valence-electron chi connectivity index (χ0n) is 13.9. The minimum Gasteiger partial charge on any atom is -0.503 e. The van der Waals surface area contributed by atoms with E-state index < -0.39 is 0 Å². The molecular formula is C17H29N3O2. The van der Waals surface area contributed by atoms with Crippen molar-refractivity contribution in [3.05, 3.63) is 28.2 Å². The summed E-state index contributed by atoms with van der Waals surface area (Å²) in [6.45, 7) is 11.4. The Labute approximate surface area is 133 Å². The van der Waals surface area contributed by atoms with E-state index in [4.69, 9.17) is 0 Å². The van der Waals surface area contributed by atoms with Crippen LogP contribution in [0.1, 0.15) is 38.8 Å². The number of hydrogen-bond donors (Lipinski definition) is 1. The number of rotatable bonds is 8. The minimum absolute atomic E-state index is 0.145. The van der Waals surface area contributed by atoms with Gasteiger partial charge in [-0.05, 0) is 52.0 Å². The SMILES string of the molecule is CCN(CC)CCCn1cc(O)c(=O)cc1CN1CCCC1. The first-order valence-corrected chi connectivity index (χ1v) is 8.51. The normalized spacial score (nSPS) is 15.8. The summed E-state index contributed by atoms with van der Waals surface area (Å²) in [5.41, 5.74) is 0.749. The van der Waals surface area contributed by atoms with Gasteiger partial charge >= 0.3 is 0 Å². The second kappa shape index (κ2) is 8.34. The summed E-state index contributed by atoms with van der Waals surface area (Å²) < 4.78 is 2.05. The largest absolute Gasteiger partial charge is 0.503 e. The lowest BCUT2D eigenvalue weighted by Gasteiger charge is -2.21. The van der Waals surface area contributed by atoms with Crippen LogP contribution in [-0.2, 0) is 13.1 Å². The summed E-state index contributed by atoms with van der Waals surface area (Å²) >= 11 is 0. The minimum atomic E-state index is -0.269. The Morgan fingerprint density at radius 3 is 2.55 bits per heavy atom. The third kappa shape index (κ3) is 4.58. The summed E-state index contributed by atoms with van der Waals surface area (Å²) in [4.78, 5) is 16.5. The summed E-state index contributed by atoms with van der Waals surface area (Å²) in [6, 6.07) is 1.60. The number of aromatic hydroxyl groups is 1. The van der Waals surface area contributed by atoms with E-state index in [-0.39, 0.29) is 11.2 Å². The Balaban J connectivity index is 2.03. The van der Waals surface area contributed by atoms with Crippen molar-refractivity contribution in [1.29, 1.82) is 0 Å². The van der Waals surface area contributed by atoms with E-state index in [1.165, 1.54) is 12.8 Å². The Morgan fingerprint density at radius 1 is 1.23 bits per heavy atom. The molecule has 1 aliphatic rings. The molecule has 0 unspecified atom stereocenters. The van der Waals surface area contributed by atoms with Gasteiger partial charge in [-0.2, -0.15) is 0 Å². The molecule has 1 saturated heterocycles. The van der Waals surface area contributed by atoms with Crippen LogP contribution in [-0.4, -0.2) is 52.2 Å². The van der Waals surface area contributed by atoms with Crippen molar-refractivity contribution < 1.29 is 5.11 Å². The van der Waals surface area contributed by atoms with Gasteiger partial charge in [0.1, 0.15) is 0 Å². The monoisotopic (exact) mass is 307 g/mol. The van der Waals surface area contributed by atoms with Gasteiger partial charge in [-0.25, -0.2) is 0 Å². The predicted octanol–water partition coefficient (Wildman–Crippen LogP) is 1.88. The highest BCUT2D eigenvalue weighted by Gasteiger charge is 2.15. The molecule has 0 aromatic carbocycles. The van der Waals surface area contributed by atoms with Crippen molar-refractivity contribution in [2.45, 2.75) is 46.2 Å². The van der Waals surface area contributed by atoms with E-state index in [1.807, 2.05) is 0 Å². The van der Waals surface area contributed by atoms with Crippen LogP contribution < -0.4 is 5.43 Å². The van der Waals surface area contributed by atoms with Crippen LogP contribution in [0.5, 0.6) is 5.75 Å². The zero-order valence-corrected chi connectivity index (χ0v) is 13.9.